The second-order valence-electron chi connectivity index (χ2n) is 9.06. The Bertz CT molecular complexity index is 1220. The zero-order chi connectivity index (χ0) is 24.5. The lowest BCUT2D eigenvalue weighted by molar-refractivity contribution is 0.00333. The highest BCUT2D eigenvalue weighted by Gasteiger charge is 2.26. The van der Waals surface area contributed by atoms with Crippen LogP contribution >= 0.6 is 0 Å². The average Bonchev–Trinajstić information content (AvgIpc) is 3.30. The molecular weight excluding hydrogens is 452 g/mol. The van der Waals surface area contributed by atoms with Crippen LogP contribution in [-0.2, 0) is 4.74 Å². The standard InChI is InChI=1S/C24H30N6O5/c1-15-9-17-12-25-30(20(17)10-19(15)16-3-5-28(6-4-16)24(32)33)22-11-21(26-23(27-22)34-2)29-7-8-35-18(13-29)14-31/h9-12,16,18,31H,3-8,13-14H2,1-2H3,(H,32,33)/t18-/m0/s1. The highest BCUT2D eigenvalue weighted by molar-refractivity contribution is 5.82. The molecule has 2 N–H and O–H groups in total. The number of ether oxygens (including phenoxy) is 2. The van der Waals surface area contributed by atoms with Crippen molar-refractivity contribution < 1.29 is 24.5 Å². The SMILES string of the molecule is COc1nc(N2CCO[C@H](CO)C2)cc(-n2ncc3cc(C)c(C4CCN(C(=O)O)CC4)cc32)n1. The van der Waals surface area contributed by atoms with Crippen LogP contribution in [0.4, 0.5) is 10.6 Å². The van der Waals surface area contributed by atoms with E-state index in [2.05, 4.69) is 39.0 Å². The molecule has 11 heteroatoms. The number of aliphatic hydroxyl groups excluding tert-OH is 1. The number of aromatic nitrogens is 4. The number of benzene rings is 1. The van der Waals surface area contributed by atoms with Crippen molar-refractivity contribution in [3.05, 3.63) is 35.5 Å². The van der Waals surface area contributed by atoms with Crippen LogP contribution < -0.4 is 9.64 Å². The Morgan fingerprint density at radius 1 is 1.17 bits per heavy atom. The quantitative estimate of drug-likeness (QED) is 0.563. The average molecular weight is 483 g/mol. The zero-order valence-electron chi connectivity index (χ0n) is 19.9. The Labute approximate surface area is 202 Å². The van der Waals surface area contributed by atoms with E-state index in [9.17, 15) is 15.0 Å². The van der Waals surface area contributed by atoms with Crippen LogP contribution in [-0.4, -0.2) is 93.6 Å². The molecule has 0 unspecified atom stereocenters. The number of rotatable bonds is 5. The maximum absolute atomic E-state index is 11.3. The van der Waals surface area contributed by atoms with Gasteiger partial charge in [0.05, 0.1) is 38.1 Å². The van der Waals surface area contributed by atoms with Crippen molar-refractivity contribution in [1.82, 2.24) is 24.6 Å². The minimum absolute atomic E-state index is 0.0527. The summed E-state index contributed by atoms with van der Waals surface area (Å²) in [7, 11) is 1.53. The molecule has 5 rings (SSSR count). The lowest BCUT2D eigenvalue weighted by Crippen LogP contribution is -2.44. The summed E-state index contributed by atoms with van der Waals surface area (Å²) < 4.78 is 12.8. The van der Waals surface area contributed by atoms with Gasteiger partial charge in [-0.05, 0) is 48.9 Å². The van der Waals surface area contributed by atoms with Crippen molar-refractivity contribution >= 4 is 22.8 Å². The number of aryl methyl sites for hydroxylation is 1. The maximum Gasteiger partial charge on any atom is 0.407 e. The van der Waals surface area contributed by atoms with Gasteiger partial charge in [0.1, 0.15) is 5.82 Å². The summed E-state index contributed by atoms with van der Waals surface area (Å²) in [6.07, 6.45) is 2.29. The van der Waals surface area contributed by atoms with E-state index >= 15 is 0 Å². The number of aliphatic hydroxyl groups is 1. The molecule has 0 saturated carbocycles. The number of amides is 1. The Morgan fingerprint density at radius 3 is 2.66 bits per heavy atom. The number of hydrogen-bond donors (Lipinski definition) is 2. The normalized spacial score (nSPS) is 19.3. The van der Waals surface area contributed by atoms with E-state index in [0.717, 1.165) is 23.7 Å². The molecule has 2 aliphatic heterocycles. The van der Waals surface area contributed by atoms with Crippen LogP contribution in [0, 0.1) is 6.92 Å². The summed E-state index contributed by atoms with van der Waals surface area (Å²) in [5, 5.41) is 24.4. The third kappa shape index (κ3) is 4.61. The molecule has 186 valence electrons. The Hall–Kier alpha value is -3.44. The molecule has 0 spiro atoms. The van der Waals surface area contributed by atoms with Crippen molar-refractivity contribution in [2.24, 2.45) is 0 Å². The van der Waals surface area contributed by atoms with Crippen LogP contribution in [0.3, 0.4) is 0 Å². The van der Waals surface area contributed by atoms with E-state index in [0.29, 0.717) is 44.4 Å². The number of hydrogen-bond acceptors (Lipinski definition) is 8. The minimum Gasteiger partial charge on any atom is -0.467 e. The van der Waals surface area contributed by atoms with Crippen molar-refractivity contribution in [2.45, 2.75) is 31.8 Å². The van der Waals surface area contributed by atoms with Gasteiger partial charge in [0, 0.05) is 37.6 Å². The third-order valence-electron chi connectivity index (χ3n) is 6.91. The molecule has 1 atom stereocenters. The molecular formula is C24H30N6O5. The third-order valence-corrected chi connectivity index (χ3v) is 6.91. The molecule has 1 aromatic carbocycles. The summed E-state index contributed by atoms with van der Waals surface area (Å²) in [5.74, 6) is 1.56. The van der Waals surface area contributed by atoms with Crippen molar-refractivity contribution in [3.8, 4) is 11.8 Å². The van der Waals surface area contributed by atoms with Gasteiger partial charge in [-0.25, -0.2) is 9.48 Å². The zero-order valence-corrected chi connectivity index (χ0v) is 19.9. The summed E-state index contributed by atoms with van der Waals surface area (Å²) in [6.45, 7) is 4.79. The molecule has 1 amide bonds. The van der Waals surface area contributed by atoms with E-state index < -0.39 is 6.09 Å². The van der Waals surface area contributed by atoms with Gasteiger partial charge in [0.25, 0.3) is 0 Å². The molecule has 0 radical (unpaired) electrons. The number of anilines is 1. The second kappa shape index (κ2) is 9.67. The van der Waals surface area contributed by atoms with Crippen LogP contribution in [0.5, 0.6) is 6.01 Å². The summed E-state index contributed by atoms with van der Waals surface area (Å²) in [4.78, 5) is 23.9. The first-order valence-electron chi connectivity index (χ1n) is 11.8. The van der Waals surface area contributed by atoms with Gasteiger partial charge in [-0.1, -0.05) is 0 Å². The topological polar surface area (TPSA) is 126 Å². The molecule has 35 heavy (non-hydrogen) atoms. The predicted molar refractivity (Wildman–Crippen MR) is 129 cm³/mol. The number of methoxy groups -OCH3 is 1. The van der Waals surface area contributed by atoms with E-state index in [1.165, 1.54) is 23.1 Å². The number of likely N-dealkylation sites (tertiary alicyclic amines) is 1. The molecule has 11 nitrogen and oxygen atoms in total. The monoisotopic (exact) mass is 482 g/mol. The van der Waals surface area contributed by atoms with Gasteiger partial charge < -0.3 is 29.5 Å². The molecule has 2 aliphatic rings. The van der Waals surface area contributed by atoms with Gasteiger partial charge in [-0.3, -0.25) is 0 Å². The van der Waals surface area contributed by atoms with Crippen LogP contribution in [0.15, 0.2) is 24.4 Å². The lowest BCUT2D eigenvalue weighted by Gasteiger charge is -2.33. The minimum atomic E-state index is -0.854. The maximum atomic E-state index is 11.3. The molecule has 2 fully saturated rings. The van der Waals surface area contributed by atoms with E-state index in [1.807, 2.05) is 12.3 Å². The number of morpholine rings is 1. The fourth-order valence-electron chi connectivity index (χ4n) is 5.01. The number of fused-ring (bicyclic) bond motifs is 1. The molecule has 0 bridgehead atoms. The van der Waals surface area contributed by atoms with Crippen molar-refractivity contribution in [1.29, 1.82) is 0 Å². The van der Waals surface area contributed by atoms with Crippen LogP contribution in [0.2, 0.25) is 0 Å². The summed E-state index contributed by atoms with van der Waals surface area (Å²) >= 11 is 0. The number of piperidine rings is 1. The van der Waals surface area contributed by atoms with E-state index in [1.54, 1.807) is 4.68 Å². The van der Waals surface area contributed by atoms with Crippen molar-refractivity contribution in [3.63, 3.8) is 0 Å². The summed E-state index contributed by atoms with van der Waals surface area (Å²) in [6, 6.07) is 6.40. The molecule has 4 heterocycles. The Kier molecular flexibility index (Phi) is 6.44. The highest BCUT2D eigenvalue weighted by Crippen LogP contribution is 2.34. The Morgan fingerprint density at radius 2 is 1.94 bits per heavy atom. The fraction of sp³-hybridized carbons (Fsp3) is 0.500. The molecule has 2 aromatic heterocycles. The first kappa shape index (κ1) is 23.3. The number of nitrogens with zero attached hydrogens (tertiary/aromatic N) is 6. The van der Waals surface area contributed by atoms with Crippen LogP contribution in [0.1, 0.15) is 29.9 Å². The van der Waals surface area contributed by atoms with Crippen molar-refractivity contribution in [2.75, 3.05) is 51.4 Å². The van der Waals surface area contributed by atoms with Crippen LogP contribution in [0.25, 0.3) is 16.7 Å². The van der Waals surface area contributed by atoms with E-state index in [-0.39, 0.29) is 24.6 Å². The summed E-state index contributed by atoms with van der Waals surface area (Å²) in [5.41, 5.74) is 3.31. The number of carbonyl (C=O) groups is 1. The van der Waals surface area contributed by atoms with E-state index in [4.69, 9.17) is 9.47 Å². The lowest BCUT2D eigenvalue weighted by atomic mass is 9.86. The predicted octanol–water partition coefficient (Wildman–Crippen LogP) is 2.19. The fourth-order valence-corrected chi connectivity index (χ4v) is 5.01. The first-order valence-corrected chi connectivity index (χ1v) is 11.8. The van der Waals surface area contributed by atoms with Gasteiger partial charge in [0.15, 0.2) is 5.82 Å². The molecule has 2 saturated heterocycles. The van der Waals surface area contributed by atoms with Gasteiger partial charge in [-0.2, -0.15) is 15.1 Å². The van der Waals surface area contributed by atoms with Gasteiger partial charge >= 0.3 is 12.1 Å². The van der Waals surface area contributed by atoms with Gasteiger partial charge in [-0.15, -0.1) is 0 Å². The molecule has 0 aliphatic carbocycles. The number of carboxylic acid groups (broad SMARTS) is 1. The Balaban J connectivity index is 1.50. The van der Waals surface area contributed by atoms with Gasteiger partial charge in [0.2, 0.25) is 0 Å². The smallest absolute Gasteiger partial charge is 0.407 e. The highest BCUT2D eigenvalue weighted by atomic mass is 16.5. The largest absolute Gasteiger partial charge is 0.467 e. The molecule has 3 aromatic rings. The second-order valence-corrected chi connectivity index (χ2v) is 9.06. The first-order chi connectivity index (χ1) is 17.0.